The Balaban J connectivity index is 2.26. The maximum absolute atomic E-state index is 11.5. The fourth-order valence-electron chi connectivity index (χ4n) is 2.06. The van der Waals surface area contributed by atoms with Gasteiger partial charge in [0.1, 0.15) is 5.82 Å². The van der Waals surface area contributed by atoms with Crippen molar-refractivity contribution < 1.29 is 4.79 Å². The maximum atomic E-state index is 11.5. The molecule has 140 valence electrons. The average molecular weight is 383 g/mol. The molecule has 0 atom stereocenters. The molecule has 0 aliphatic heterocycles. The van der Waals surface area contributed by atoms with Gasteiger partial charge in [0.15, 0.2) is 0 Å². The van der Waals surface area contributed by atoms with Crippen LogP contribution >= 0.6 is 11.8 Å². The van der Waals surface area contributed by atoms with Crippen LogP contribution in [0.2, 0.25) is 0 Å². The van der Waals surface area contributed by atoms with E-state index in [4.69, 9.17) is 5.73 Å². The number of thioether (sulfide) groups is 1. The molecule has 8 nitrogen and oxygen atoms in total. The summed E-state index contributed by atoms with van der Waals surface area (Å²) in [5.41, 5.74) is 7.55. The summed E-state index contributed by atoms with van der Waals surface area (Å²) in [7, 11) is 1.65. The second kappa shape index (κ2) is 9.97. The van der Waals surface area contributed by atoms with E-state index in [9.17, 15) is 4.79 Å². The third kappa shape index (κ3) is 5.86. The van der Waals surface area contributed by atoms with Crippen LogP contribution in [0.3, 0.4) is 0 Å². The van der Waals surface area contributed by atoms with E-state index in [1.54, 1.807) is 31.6 Å². The topological polar surface area (TPSA) is 117 Å². The molecule has 1 heterocycles. The van der Waals surface area contributed by atoms with Gasteiger partial charge in [0.2, 0.25) is 11.9 Å². The van der Waals surface area contributed by atoms with Crippen LogP contribution in [-0.4, -0.2) is 35.4 Å². The average Bonchev–Trinajstić information content (AvgIpc) is 2.68. The number of carbonyl (C=O) groups is 1. The Morgan fingerprint density at radius 3 is 2.78 bits per heavy atom. The van der Waals surface area contributed by atoms with E-state index >= 15 is 0 Å². The van der Waals surface area contributed by atoms with E-state index in [0.29, 0.717) is 23.2 Å². The molecule has 1 aromatic carbocycles. The Kier molecular flexibility index (Phi) is 7.38. The maximum Gasteiger partial charge on any atom is 0.247 e. The fourth-order valence-corrected chi connectivity index (χ4v) is 2.51. The number of amides is 1. The first kappa shape index (κ1) is 20.0. The van der Waals surface area contributed by atoms with E-state index in [1.165, 1.54) is 24.0 Å². The van der Waals surface area contributed by atoms with Crippen molar-refractivity contribution in [1.29, 1.82) is 0 Å². The molecule has 0 aliphatic carbocycles. The van der Waals surface area contributed by atoms with Gasteiger partial charge in [0.05, 0.1) is 10.6 Å². The van der Waals surface area contributed by atoms with Gasteiger partial charge in [-0.3, -0.25) is 9.79 Å². The lowest BCUT2D eigenvalue weighted by Crippen LogP contribution is -2.09. The molecular formula is C18H21N7OS. The minimum absolute atomic E-state index is 0.274. The summed E-state index contributed by atoms with van der Waals surface area (Å²) in [5, 5.41) is 8.97. The number of benzene rings is 1. The first-order valence-corrected chi connectivity index (χ1v) is 9.14. The predicted octanol–water partition coefficient (Wildman–Crippen LogP) is 2.98. The van der Waals surface area contributed by atoms with Gasteiger partial charge < -0.3 is 21.7 Å². The highest BCUT2D eigenvalue weighted by molar-refractivity contribution is 7.98. The van der Waals surface area contributed by atoms with E-state index in [-0.39, 0.29) is 5.91 Å². The smallest absolute Gasteiger partial charge is 0.247 e. The van der Waals surface area contributed by atoms with Crippen LogP contribution in [0.1, 0.15) is 0 Å². The summed E-state index contributed by atoms with van der Waals surface area (Å²) in [6, 6.07) is 7.29. The van der Waals surface area contributed by atoms with Crippen molar-refractivity contribution in [2.45, 2.75) is 4.90 Å². The second-order valence-corrected chi connectivity index (χ2v) is 5.99. The highest BCUT2D eigenvalue weighted by atomic mass is 32.2. The number of nitrogens with zero attached hydrogens (tertiary/aromatic N) is 3. The largest absolute Gasteiger partial charge is 0.403 e. The number of hydrogen-bond donors (Lipinski definition) is 4. The lowest BCUT2D eigenvalue weighted by molar-refractivity contribution is -0.111. The highest BCUT2D eigenvalue weighted by Crippen LogP contribution is 2.27. The molecule has 27 heavy (non-hydrogen) atoms. The molecular weight excluding hydrogens is 362 g/mol. The van der Waals surface area contributed by atoms with Crippen LogP contribution in [-0.2, 0) is 4.79 Å². The molecule has 0 bridgehead atoms. The molecule has 0 fully saturated rings. The number of hydrogen-bond acceptors (Lipinski definition) is 8. The van der Waals surface area contributed by atoms with Crippen LogP contribution in [0.5, 0.6) is 0 Å². The summed E-state index contributed by atoms with van der Waals surface area (Å²) >= 11 is 1.51. The van der Waals surface area contributed by atoms with E-state index in [2.05, 4.69) is 37.5 Å². The number of nitrogens with two attached hydrogens (primary N) is 1. The number of anilines is 4. The fraction of sp³-hybridized carbons (Fsp3) is 0.111. The van der Waals surface area contributed by atoms with Crippen molar-refractivity contribution >= 4 is 47.0 Å². The van der Waals surface area contributed by atoms with Crippen molar-refractivity contribution in [3.8, 4) is 0 Å². The predicted molar refractivity (Wildman–Crippen MR) is 113 cm³/mol. The number of rotatable bonds is 8. The van der Waals surface area contributed by atoms with Crippen molar-refractivity contribution in [3.63, 3.8) is 0 Å². The monoisotopic (exact) mass is 383 g/mol. The van der Waals surface area contributed by atoms with E-state index in [1.807, 2.05) is 18.4 Å². The molecule has 0 saturated carbocycles. The molecule has 0 radical (unpaired) electrons. The van der Waals surface area contributed by atoms with Crippen molar-refractivity contribution in [3.05, 3.63) is 55.0 Å². The van der Waals surface area contributed by atoms with Gasteiger partial charge in [0, 0.05) is 37.0 Å². The first-order valence-electron chi connectivity index (χ1n) is 7.92. The molecule has 9 heteroatoms. The Morgan fingerprint density at radius 2 is 2.11 bits per heavy atom. The molecule has 0 saturated heterocycles. The quantitative estimate of drug-likeness (QED) is 0.314. The lowest BCUT2D eigenvalue weighted by Gasteiger charge is -2.13. The normalized spacial score (nSPS) is 11.3. The minimum atomic E-state index is -0.274. The third-order valence-electron chi connectivity index (χ3n) is 3.26. The summed E-state index contributed by atoms with van der Waals surface area (Å²) < 4.78 is 0. The molecule has 1 amide bonds. The van der Waals surface area contributed by atoms with Crippen LogP contribution < -0.4 is 21.7 Å². The molecule has 0 unspecified atom stereocenters. The molecule has 1 aromatic heterocycles. The summed E-state index contributed by atoms with van der Waals surface area (Å²) in [4.78, 5) is 25.0. The van der Waals surface area contributed by atoms with Crippen LogP contribution in [0, 0.1) is 0 Å². The number of aliphatic imine (C=N–C) groups is 1. The number of aromatic nitrogens is 2. The molecule has 2 aromatic rings. The van der Waals surface area contributed by atoms with Crippen molar-refractivity contribution in [2.75, 3.05) is 29.3 Å². The van der Waals surface area contributed by atoms with Gasteiger partial charge in [0.25, 0.3) is 0 Å². The van der Waals surface area contributed by atoms with Gasteiger partial charge >= 0.3 is 0 Å². The molecule has 0 aliphatic rings. The van der Waals surface area contributed by atoms with Gasteiger partial charge in [-0.2, -0.15) is 4.98 Å². The zero-order valence-electron chi connectivity index (χ0n) is 15.1. The van der Waals surface area contributed by atoms with Crippen LogP contribution in [0.25, 0.3) is 0 Å². The molecule has 2 rings (SSSR count). The van der Waals surface area contributed by atoms with Gasteiger partial charge in [-0.1, -0.05) is 12.6 Å². The van der Waals surface area contributed by atoms with Crippen LogP contribution in [0.4, 0.5) is 23.1 Å². The first-order chi connectivity index (χ1) is 13.1. The van der Waals surface area contributed by atoms with Crippen molar-refractivity contribution in [2.24, 2.45) is 10.7 Å². The highest BCUT2D eigenvalue weighted by Gasteiger charge is 2.09. The standard InChI is InChI=1S/C18H21N7OS/c1-4-16(26)22-12-6-5-7-13(8-12)23-17-15(27-3)11-21-18(25-17)24-14(9-19)10-20-2/h4-11H,1,19H2,2-3H3,(H,22,26)(H2,21,23,24,25). The Labute approximate surface area is 162 Å². The Morgan fingerprint density at radius 1 is 1.33 bits per heavy atom. The summed E-state index contributed by atoms with van der Waals surface area (Å²) in [6.45, 7) is 3.45. The number of carbonyl (C=O) groups excluding carboxylic acids is 1. The minimum Gasteiger partial charge on any atom is -0.403 e. The summed E-state index contributed by atoms with van der Waals surface area (Å²) in [6.07, 6.45) is 7.83. The second-order valence-electron chi connectivity index (χ2n) is 5.14. The van der Waals surface area contributed by atoms with Gasteiger partial charge in [-0.15, -0.1) is 11.8 Å². The third-order valence-corrected chi connectivity index (χ3v) is 4.00. The van der Waals surface area contributed by atoms with Gasteiger partial charge in [-0.25, -0.2) is 4.98 Å². The van der Waals surface area contributed by atoms with Gasteiger partial charge in [-0.05, 0) is 30.5 Å². The Bertz CT molecular complexity index is 880. The number of allylic oxidation sites excluding steroid dienone is 1. The molecule has 5 N–H and O–H groups in total. The SMILES string of the molecule is C=CC(=O)Nc1cccc(Nc2nc(NC(C=NC)=CN)ncc2SC)c1. The summed E-state index contributed by atoms with van der Waals surface area (Å²) in [5.74, 6) is 0.726. The Hall–Kier alpha value is -3.33. The van der Waals surface area contributed by atoms with Crippen molar-refractivity contribution in [1.82, 2.24) is 9.97 Å². The van der Waals surface area contributed by atoms with Crippen LogP contribution in [0.15, 0.2) is 64.9 Å². The van der Waals surface area contributed by atoms with E-state index < -0.39 is 0 Å². The zero-order chi connectivity index (χ0) is 19.6. The molecule has 0 spiro atoms. The van der Waals surface area contributed by atoms with E-state index in [0.717, 1.165) is 10.6 Å². The lowest BCUT2D eigenvalue weighted by atomic mass is 10.2. The number of nitrogens with one attached hydrogen (secondary N) is 3. The zero-order valence-corrected chi connectivity index (χ0v) is 15.9.